The number of carboxylic acids is 1. The summed E-state index contributed by atoms with van der Waals surface area (Å²) >= 11 is 0. The Kier molecular flexibility index (Phi) is 5.21. The molecule has 0 aliphatic carbocycles. The molecule has 0 saturated heterocycles. The molecule has 90 valence electrons. The molecule has 0 spiro atoms. The van der Waals surface area contributed by atoms with Crippen molar-refractivity contribution in [3.8, 4) is 0 Å². The lowest BCUT2D eigenvalue weighted by Crippen LogP contribution is -2.39. The SMILES string of the molecule is COC(=O)[C@H](C)NC(=O)C(C)=C(C)C(=O)O. The molecule has 6 heteroatoms. The predicted octanol–water partition coefficient (Wildman–Crippen LogP) is 0.0851. The van der Waals surface area contributed by atoms with Crippen LogP contribution in [-0.2, 0) is 19.1 Å². The van der Waals surface area contributed by atoms with Gasteiger partial charge in [0.05, 0.1) is 7.11 Å². The molecule has 1 amide bonds. The first-order valence-electron chi connectivity index (χ1n) is 4.60. The molecule has 2 N–H and O–H groups in total. The Hall–Kier alpha value is -1.85. The van der Waals surface area contributed by atoms with Crippen molar-refractivity contribution in [2.45, 2.75) is 26.8 Å². The lowest BCUT2D eigenvalue weighted by molar-refractivity contribution is -0.144. The number of amides is 1. The van der Waals surface area contributed by atoms with Crippen molar-refractivity contribution in [2.24, 2.45) is 0 Å². The van der Waals surface area contributed by atoms with E-state index in [0.29, 0.717) is 0 Å². The molecule has 16 heavy (non-hydrogen) atoms. The summed E-state index contributed by atoms with van der Waals surface area (Å²) in [7, 11) is 1.20. The summed E-state index contributed by atoms with van der Waals surface area (Å²) in [5.41, 5.74) is -0.00202. The lowest BCUT2D eigenvalue weighted by Gasteiger charge is -2.12. The van der Waals surface area contributed by atoms with Crippen LogP contribution in [0.3, 0.4) is 0 Å². The fourth-order valence-electron chi connectivity index (χ4n) is 0.871. The molecule has 0 aliphatic heterocycles. The van der Waals surface area contributed by atoms with Crippen molar-refractivity contribution in [3.63, 3.8) is 0 Å². The van der Waals surface area contributed by atoms with E-state index in [-0.39, 0.29) is 11.1 Å². The molecular formula is C10H15NO5. The fraction of sp³-hybridized carbons (Fsp3) is 0.500. The normalized spacial score (nSPS) is 13.5. The number of hydrogen-bond acceptors (Lipinski definition) is 4. The van der Waals surface area contributed by atoms with E-state index in [9.17, 15) is 14.4 Å². The van der Waals surface area contributed by atoms with Crippen LogP contribution in [0, 0.1) is 0 Å². The average Bonchev–Trinajstić information content (AvgIpc) is 2.25. The highest BCUT2D eigenvalue weighted by Gasteiger charge is 2.18. The van der Waals surface area contributed by atoms with E-state index in [0.717, 1.165) is 0 Å². The predicted molar refractivity (Wildman–Crippen MR) is 55.6 cm³/mol. The van der Waals surface area contributed by atoms with Crippen LogP contribution in [0.4, 0.5) is 0 Å². The van der Waals surface area contributed by atoms with Crippen molar-refractivity contribution in [2.75, 3.05) is 7.11 Å². The number of carbonyl (C=O) groups excluding carboxylic acids is 2. The summed E-state index contributed by atoms with van der Waals surface area (Å²) in [4.78, 5) is 33.1. The Labute approximate surface area is 93.3 Å². The molecule has 0 saturated carbocycles. The number of aliphatic carboxylic acids is 1. The summed E-state index contributed by atoms with van der Waals surface area (Å²) < 4.78 is 4.41. The van der Waals surface area contributed by atoms with E-state index in [2.05, 4.69) is 10.1 Å². The summed E-state index contributed by atoms with van der Waals surface area (Å²) in [5.74, 6) is -2.36. The maximum absolute atomic E-state index is 11.5. The van der Waals surface area contributed by atoms with Crippen molar-refractivity contribution in [1.29, 1.82) is 0 Å². The van der Waals surface area contributed by atoms with Crippen LogP contribution in [-0.4, -0.2) is 36.1 Å². The van der Waals surface area contributed by atoms with Gasteiger partial charge in [0, 0.05) is 11.1 Å². The minimum atomic E-state index is -1.17. The Bertz CT molecular complexity index is 345. The first kappa shape index (κ1) is 14.2. The van der Waals surface area contributed by atoms with E-state index in [1.165, 1.54) is 27.9 Å². The van der Waals surface area contributed by atoms with Gasteiger partial charge in [-0.15, -0.1) is 0 Å². The summed E-state index contributed by atoms with van der Waals surface area (Å²) in [5, 5.41) is 11.0. The van der Waals surface area contributed by atoms with Gasteiger partial charge in [-0.1, -0.05) is 0 Å². The number of methoxy groups -OCH3 is 1. The minimum absolute atomic E-state index is 0.0586. The first-order valence-corrected chi connectivity index (χ1v) is 4.60. The lowest BCUT2D eigenvalue weighted by atomic mass is 10.1. The number of carbonyl (C=O) groups is 3. The van der Waals surface area contributed by atoms with Crippen molar-refractivity contribution in [1.82, 2.24) is 5.32 Å². The average molecular weight is 229 g/mol. The highest BCUT2D eigenvalue weighted by molar-refractivity contribution is 6.02. The quantitative estimate of drug-likeness (QED) is 0.526. The van der Waals surface area contributed by atoms with Crippen LogP contribution in [0.5, 0.6) is 0 Å². The first-order chi connectivity index (χ1) is 7.31. The number of hydrogen-bond donors (Lipinski definition) is 2. The molecule has 0 rings (SSSR count). The number of ether oxygens (including phenoxy) is 1. The maximum atomic E-state index is 11.5. The van der Waals surface area contributed by atoms with E-state index in [1.807, 2.05) is 0 Å². The fourth-order valence-corrected chi connectivity index (χ4v) is 0.871. The molecule has 0 heterocycles. The van der Waals surface area contributed by atoms with Crippen molar-refractivity contribution in [3.05, 3.63) is 11.1 Å². The number of nitrogens with one attached hydrogen (secondary N) is 1. The van der Waals surface area contributed by atoms with Crippen LogP contribution in [0.2, 0.25) is 0 Å². The number of esters is 1. The second kappa shape index (κ2) is 5.89. The molecule has 0 fully saturated rings. The summed E-state index contributed by atoms with van der Waals surface area (Å²) in [6, 6.07) is -0.811. The van der Waals surface area contributed by atoms with Gasteiger partial charge in [-0.2, -0.15) is 0 Å². The Morgan fingerprint density at radius 2 is 1.69 bits per heavy atom. The van der Waals surface area contributed by atoms with Crippen molar-refractivity contribution >= 4 is 17.8 Å². The van der Waals surface area contributed by atoms with Crippen LogP contribution < -0.4 is 5.32 Å². The minimum Gasteiger partial charge on any atom is -0.478 e. The molecular weight excluding hydrogens is 214 g/mol. The second-order valence-electron chi connectivity index (χ2n) is 3.27. The molecule has 0 radical (unpaired) electrons. The smallest absolute Gasteiger partial charge is 0.331 e. The van der Waals surface area contributed by atoms with Gasteiger partial charge in [-0.05, 0) is 20.8 Å². The molecule has 0 unspecified atom stereocenters. The van der Waals surface area contributed by atoms with E-state index in [4.69, 9.17) is 5.11 Å². The second-order valence-corrected chi connectivity index (χ2v) is 3.27. The maximum Gasteiger partial charge on any atom is 0.331 e. The van der Waals surface area contributed by atoms with Gasteiger partial charge in [-0.25, -0.2) is 9.59 Å². The van der Waals surface area contributed by atoms with Gasteiger partial charge in [0.2, 0.25) is 5.91 Å². The Balaban J connectivity index is 4.66. The van der Waals surface area contributed by atoms with Crippen molar-refractivity contribution < 1.29 is 24.2 Å². The highest BCUT2D eigenvalue weighted by Crippen LogP contribution is 2.04. The largest absolute Gasteiger partial charge is 0.478 e. The number of carboxylic acid groups (broad SMARTS) is 1. The van der Waals surface area contributed by atoms with Crippen LogP contribution in [0.25, 0.3) is 0 Å². The zero-order valence-corrected chi connectivity index (χ0v) is 9.66. The molecule has 0 aromatic heterocycles. The van der Waals surface area contributed by atoms with Crippen LogP contribution in [0.1, 0.15) is 20.8 Å². The standard InChI is InChI=1S/C10H15NO5/c1-5(6(2)9(13)14)8(12)11-7(3)10(15)16-4/h7H,1-4H3,(H,11,12)(H,13,14)/t7-/m0/s1. The van der Waals surface area contributed by atoms with E-state index in [1.54, 1.807) is 0 Å². The Morgan fingerprint density at radius 1 is 1.19 bits per heavy atom. The molecule has 0 aliphatic rings. The third-order valence-electron chi connectivity index (χ3n) is 2.13. The van der Waals surface area contributed by atoms with Gasteiger partial charge >= 0.3 is 11.9 Å². The summed E-state index contributed by atoms with van der Waals surface area (Å²) in [6.07, 6.45) is 0. The van der Waals surface area contributed by atoms with Crippen LogP contribution >= 0.6 is 0 Å². The van der Waals surface area contributed by atoms with Gasteiger partial charge in [0.15, 0.2) is 0 Å². The third kappa shape index (κ3) is 3.72. The number of rotatable bonds is 4. The Morgan fingerprint density at radius 3 is 2.06 bits per heavy atom. The van der Waals surface area contributed by atoms with Gasteiger partial charge < -0.3 is 15.2 Å². The zero-order chi connectivity index (χ0) is 12.9. The van der Waals surface area contributed by atoms with Crippen LogP contribution in [0.15, 0.2) is 11.1 Å². The highest BCUT2D eigenvalue weighted by atomic mass is 16.5. The van der Waals surface area contributed by atoms with Gasteiger partial charge in [0.25, 0.3) is 0 Å². The molecule has 0 aromatic rings. The molecule has 1 atom stereocenters. The zero-order valence-electron chi connectivity index (χ0n) is 9.66. The molecule has 0 aromatic carbocycles. The molecule has 6 nitrogen and oxygen atoms in total. The topological polar surface area (TPSA) is 92.7 Å². The van der Waals surface area contributed by atoms with Gasteiger partial charge in [0.1, 0.15) is 6.04 Å². The van der Waals surface area contributed by atoms with Gasteiger partial charge in [-0.3, -0.25) is 4.79 Å². The summed E-state index contributed by atoms with van der Waals surface area (Å²) in [6.45, 7) is 4.15. The monoisotopic (exact) mass is 229 g/mol. The van der Waals surface area contributed by atoms with E-state index < -0.39 is 23.9 Å². The van der Waals surface area contributed by atoms with E-state index >= 15 is 0 Å². The third-order valence-corrected chi connectivity index (χ3v) is 2.13. The molecule has 0 bridgehead atoms.